The number of hydrogen-bond acceptors (Lipinski definition) is 7. The number of nitrogens with one attached hydrogen (secondary N) is 2. The summed E-state index contributed by atoms with van der Waals surface area (Å²) in [5, 5.41) is 19.6. The van der Waals surface area contributed by atoms with E-state index >= 15 is 0 Å². The number of hydrogen-bond donors (Lipinski definition) is 3. The smallest absolute Gasteiger partial charge is 0.347 e. The number of Topliss-reactive ketones (excluding diaryl/α,β-unsaturated/α-hetero) is 1. The highest BCUT2D eigenvalue weighted by Crippen LogP contribution is 2.41. The second-order valence-corrected chi connectivity index (χ2v) is 10.7. The molecule has 5 rings (SSSR count). The molecule has 2 amide bonds. The lowest BCUT2D eigenvalue weighted by Gasteiger charge is -2.36. The molecular weight excluding hydrogens is 504 g/mol. The third kappa shape index (κ3) is 4.64. The zero-order valence-electron chi connectivity index (χ0n) is 22.0. The van der Waals surface area contributed by atoms with Gasteiger partial charge in [-0.1, -0.05) is 19.3 Å². The lowest BCUT2D eigenvalue weighted by atomic mass is 9.69. The van der Waals surface area contributed by atoms with E-state index in [1.54, 1.807) is 21.6 Å². The number of aromatic hydroxyl groups is 1. The second-order valence-electron chi connectivity index (χ2n) is 10.7. The summed E-state index contributed by atoms with van der Waals surface area (Å²) in [5.41, 5.74) is -1.27. The highest BCUT2D eigenvalue weighted by molar-refractivity contribution is 6.04. The van der Waals surface area contributed by atoms with Crippen molar-refractivity contribution in [3.8, 4) is 5.75 Å². The van der Waals surface area contributed by atoms with Crippen molar-refractivity contribution in [1.29, 1.82) is 0 Å². The Balaban J connectivity index is 1.40. The standard InChI is InChI=1S/C27H32N6O6/c1-16(2)31-11-12-32-17(13-19(34)22(36)21(32)24(31)37)15-28-25(38)27(8-4-3-5-9-27)14-20(35)18-7-6-10-33-23(18)29-30-26(33)39/h6-7,10,13,16,36H,3-5,8-9,11-12,14-15H2,1-2H3,(H,28,38)(H,30,39). The van der Waals surface area contributed by atoms with Gasteiger partial charge < -0.3 is 19.9 Å². The number of H-pyrrole nitrogens is 1. The summed E-state index contributed by atoms with van der Waals surface area (Å²) in [6.45, 7) is 4.48. The second kappa shape index (κ2) is 10.2. The van der Waals surface area contributed by atoms with Crippen molar-refractivity contribution in [3.63, 3.8) is 0 Å². The summed E-state index contributed by atoms with van der Waals surface area (Å²) in [6, 6.07) is 4.34. The molecule has 3 aromatic heterocycles. The van der Waals surface area contributed by atoms with E-state index < -0.39 is 28.2 Å². The largest absolute Gasteiger partial charge is 0.503 e. The van der Waals surface area contributed by atoms with Crippen LogP contribution in [0, 0.1) is 5.41 Å². The van der Waals surface area contributed by atoms with E-state index in [0.717, 1.165) is 19.3 Å². The Bertz CT molecular complexity index is 1580. The van der Waals surface area contributed by atoms with Crippen LogP contribution in [0.4, 0.5) is 0 Å². The van der Waals surface area contributed by atoms with Gasteiger partial charge in [0.2, 0.25) is 11.3 Å². The number of rotatable bonds is 7. The lowest BCUT2D eigenvalue weighted by molar-refractivity contribution is -0.133. The molecule has 206 valence electrons. The van der Waals surface area contributed by atoms with Gasteiger partial charge in [0, 0.05) is 43.5 Å². The molecule has 12 heteroatoms. The molecule has 0 unspecified atom stereocenters. The van der Waals surface area contributed by atoms with Gasteiger partial charge in [-0.05, 0) is 38.8 Å². The first-order valence-corrected chi connectivity index (χ1v) is 13.3. The van der Waals surface area contributed by atoms with Crippen LogP contribution >= 0.6 is 0 Å². The molecule has 1 aliphatic heterocycles. The molecule has 4 heterocycles. The van der Waals surface area contributed by atoms with Crippen LogP contribution in [0.3, 0.4) is 0 Å². The van der Waals surface area contributed by atoms with Crippen molar-refractivity contribution in [2.45, 2.75) is 71.5 Å². The summed E-state index contributed by atoms with van der Waals surface area (Å²) in [5.74, 6) is -1.61. The molecule has 0 radical (unpaired) electrons. The van der Waals surface area contributed by atoms with Crippen LogP contribution in [0.25, 0.3) is 5.65 Å². The van der Waals surface area contributed by atoms with Gasteiger partial charge in [-0.25, -0.2) is 14.3 Å². The zero-order valence-corrected chi connectivity index (χ0v) is 22.0. The molecule has 39 heavy (non-hydrogen) atoms. The molecular formula is C27H32N6O6. The van der Waals surface area contributed by atoms with E-state index in [-0.39, 0.29) is 47.6 Å². The number of pyridine rings is 2. The van der Waals surface area contributed by atoms with E-state index in [0.29, 0.717) is 31.6 Å². The van der Waals surface area contributed by atoms with Gasteiger partial charge in [-0.2, -0.15) is 5.10 Å². The molecule has 1 aliphatic carbocycles. The molecule has 0 bridgehead atoms. The normalized spacial score (nSPS) is 16.9. The number of carbonyl (C=O) groups is 3. The van der Waals surface area contributed by atoms with Crippen LogP contribution in [0.1, 0.15) is 78.9 Å². The monoisotopic (exact) mass is 536 g/mol. The van der Waals surface area contributed by atoms with E-state index in [9.17, 15) is 29.1 Å². The molecule has 12 nitrogen and oxygen atoms in total. The van der Waals surface area contributed by atoms with Crippen molar-refractivity contribution in [2.75, 3.05) is 6.54 Å². The summed E-state index contributed by atoms with van der Waals surface area (Å²) in [4.78, 5) is 66.3. The van der Waals surface area contributed by atoms with Gasteiger partial charge in [0.25, 0.3) is 5.91 Å². The number of aromatic amines is 1. The quantitative estimate of drug-likeness (QED) is 0.387. The number of nitrogens with zero attached hydrogens (tertiary/aromatic N) is 4. The van der Waals surface area contributed by atoms with Gasteiger partial charge >= 0.3 is 5.69 Å². The maximum atomic E-state index is 13.7. The molecule has 3 aromatic rings. The predicted octanol–water partition coefficient (Wildman–Crippen LogP) is 1.59. The lowest BCUT2D eigenvalue weighted by Crippen LogP contribution is -2.47. The van der Waals surface area contributed by atoms with E-state index in [1.807, 2.05) is 13.8 Å². The SMILES string of the molecule is CC(C)N1CCn2c(CNC(=O)C3(CC(=O)c4cccn5c(=O)[nH]nc45)CCCCC3)cc(=O)c(O)c2C1=O. The van der Waals surface area contributed by atoms with Crippen molar-refractivity contribution in [1.82, 2.24) is 29.4 Å². The van der Waals surface area contributed by atoms with E-state index in [1.165, 1.54) is 16.7 Å². The maximum Gasteiger partial charge on any atom is 0.347 e. The first kappa shape index (κ1) is 26.4. The summed E-state index contributed by atoms with van der Waals surface area (Å²) >= 11 is 0. The number of ketones is 1. The Labute approximate surface area is 223 Å². The van der Waals surface area contributed by atoms with Crippen LogP contribution < -0.4 is 16.4 Å². The van der Waals surface area contributed by atoms with Crippen LogP contribution in [-0.2, 0) is 17.9 Å². The van der Waals surface area contributed by atoms with Gasteiger partial charge in [0.1, 0.15) is 0 Å². The minimum Gasteiger partial charge on any atom is -0.503 e. The molecule has 0 aromatic carbocycles. The topological polar surface area (TPSA) is 159 Å². The highest BCUT2D eigenvalue weighted by atomic mass is 16.3. The number of amides is 2. The average molecular weight is 537 g/mol. The Morgan fingerprint density at radius 2 is 1.90 bits per heavy atom. The summed E-state index contributed by atoms with van der Waals surface area (Å²) in [7, 11) is 0. The fourth-order valence-electron chi connectivity index (χ4n) is 5.87. The highest BCUT2D eigenvalue weighted by Gasteiger charge is 2.42. The number of fused-ring (bicyclic) bond motifs is 2. The Hall–Kier alpha value is -4.22. The Morgan fingerprint density at radius 1 is 1.15 bits per heavy atom. The molecule has 3 N–H and O–H groups in total. The molecule has 0 saturated heterocycles. The summed E-state index contributed by atoms with van der Waals surface area (Å²) in [6.07, 6.45) is 5.07. The van der Waals surface area contributed by atoms with Gasteiger partial charge in [0.05, 0.1) is 17.5 Å². The molecule has 0 spiro atoms. The van der Waals surface area contributed by atoms with Gasteiger partial charge in [0.15, 0.2) is 22.9 Å². The Morgan fingerprint density at radius 3 is 2.62 bits per heavy atom. The van der Waals surface area contributed by atoms with Crippen molar-refractivity contribution >= 4 is 23.2 Å². The third-order valence-electron chi connectivity index (χ3n) is 7.99. The van der Waals surface area contributed by atoms with E-state index in [2.05, 4.69) is 15.5 Å². The third-order valence-corrected chi connectivity index (χ3v) is 7.99. The first-order valence-electron chi connectivity index (χ1n) is 13.3. The molecule has 1 saturated carbocycles. The fraction of sp³-hybridized carbons (Fsp3) is 0.481. The van der Waals surface area contributed by atoms with E-state index in [4.69, 9.17) is 0 Å². The fourth-order valence-corrected chi connectivity index (χ4v) is 5.87. The van der Waals surface area contributed by atoms with Crippen LogP contribution in [0.5, 0.6) is 5.75 Å². The average Bonchev–Trinajstić information content (AvgIpc) is 3.30. The number of aromatic nitrogens is 4. The van der Waals surface area contributed by atoms with Crippen LogP contribution in [0.15, 0.2) is 34.0 Å². The molecule has 0 atom stereocenters. The summed E-state index contributed by atoms with van der Waals surface area (Å²) < 4.78 is 2.85. The van der Waals surface area contributed by atoms with Gasteiger partial charge in [-0.15, -0.1) is 0 Å². The van der Waals surface area contributed by atoms with Crippen LogP contribution in [0.2, 0.25) is 0 Å². The van der Waals surface area contributed by atoms with Crippen LogP contribution in [-0.4, -0.2) is 59.4 Å². The van der Waals surface area contributed by atoms with Crippen molar-refractivity contribution < 1.29 is 19.5 Å². The zero-order chi connectivity index (χ0) is 27.9. The van der Waals surface area contributed by atoms with Crippen molar-refractivity contribution in [2.24, 2.45) is 5.41 Å². The minimum atomic E-state index is -0.953. The predicted molar refractivity (Wildman–Crippen MR) is 141 cm³/mol. The van der Waals surface area contributed by atoms with Crippen molar-refractivity contribution in [3.05, 3.63) is 62.1 Å². The number of carbonyl (C=O) groups excluding carboxylic acids is 3. The minimum absolute atomic E-state index is 0.0312. The first-order chi connectivity index (χ1) is 18.6. The maximum absolute atomic E-state index is 13.7. The molecule has 2 aliphatic rings. The van der Waals surface area contributed by atoms with Gasteiger partial charge in [-0.3, -0.25) is 19.2 Å². The Kier molecular flexibility index (Phi) is 6.87. The molecule has 1 fully saturated rings.